The zero-order valence-corrected chi connectivity index (χ0v) is 15.2. The van der Waals surface area contributed by atoms with Gasteiger partial charge >= 0.3 is 0 Å². The predicted molar refractivity (Wildman–Crippen MR) is 91.9 cm³/mol. The zero-order chi connectivity index (χ0) is 16.4. The summed E-state index contributed by atoms with van der Waals surface area (Å²) in [5.41, 5.74) is 0.681. The van der Waals surface area contributed by atoms with E-state index < -0.39 is 9.84 Å². The maximum Gasteiger partial charge on any atom is 0.220 e. The number of thiophene rings is 1. The number of sulfone groups is 1. The van der Waals surface area contributed by atoms with E-state index in [1.54, 1.807) is 11.4 Å². The second kappa shape index (κ2) is 10.0. The molecule has 1 aromatic rings. The SMILES string of the molecule is CCCCCCCCCC(=O)NCc1ccsc1S(C)(=O)=O. The van der Waals surface area contributed by atoms with Crippen LogP contribution >= 0.6 is 11.3 Å². The van der Waals surface area contributed by atoms with Crippen molar-refractivity contribution in [2.24, 2.45) is 0 Å². The molecular formula is C16H27NO3S2. The molecular weight excluding hydrogens is 318 g/mol. The normalized spacial score (nSPS) is 11.5. The molecule has 0 unspecified atom stereocenters. The molecule has 1 rings (SSSR count). The van der Waals surface area contributed by atoms with Crippen molar-refractivity contribution in [2.75, 3.05) is 6.26 Å². The Bertz CT molecular complexity index is 549. The molecule has 0 aliphatic heterocycles. The van der Waals surface area contributed by atoms with E-state index in [4.69, 9.17) is 0 Å². The van der Waals surface area contributed by atoms with Gasteiger partial charge in [-0.15, -0.1) is 11.3 Å². The minimum Gasteiger partial charge on any atom is -0.352 e. The molecule has 0 aliphatic rings. The second-order valence-electron chi connectivity index (χ2n) is 5.65. The van der Waals surface area contributed by atoms with Gasteiger partial charge in [-0.25, -0.2) is 8.42 Å². The summed E-state index contributed by atoms with van der Waals surface area (Å²) in [5.74, 6) is -0.000732. The highest BCUT2D eigenvalue weighted by atomic mass is 32.2. The molecule has 0 aromatic carbocycles. The van der Waals surface area contributed by atoms with Gasteiger partial charge in [-0.3, -0.25) is 4.79 Å². The zero-order valence-electron chi connectivity index (χ0n) is 13.6. The topological polar surface area (TPSA) is 63.2 Å². The van der Waals surface area contributed by atoms with Gasteiger partial charge in [0.25, 0.3) is 0 Å². The predicted octanol–water partition coefficient (Wildman–Crippen LogP) is 3.91. The molecule has 126 valence electrons. The van der Waals surface area contributed by atoms with Crippen LogP contribution < -0.4 is 5.32 Å². The molecule has 0 saturated carbocycles. The fraction of sp³-hybridized carbons (Fsp3) is 0.688. The number of carbonyl (C=O) groups is 1. The van der Waals surface area contributed by atoms with Gasteiger partial charge in [0.15, 0.2) is 9.84 Å². The molecule has 1 heterocycles. The van der Waals surface area contributed by atoms with E-state index in [2.05, 4.69) is 12.2 Å². The van der Waals surface area contributed by atoms with E-state index in [9.17, 15) is 13.2 Å². The van der Waals surface area contributed by atoms with Crippen molar-refractivity contribution >= 4 is 27.1 Å². The summed E-state index contributed by atoms with van der Waals surface area (Å²) in [4.78, 5) is 11.8. The summed E-state index contributed by atoms with van der Waals surface area (Å²) in [6.45, 7) is 2.49. The molecule has 0 spiro atoms. The number of hydrogen-bond acceptors (Lipinski definition) is 4. The Hall–Kier alpha value is -0.880. The van der Waals surface area contributed by atoms with Gasteiger partial charge in [-0.2, -0.15) is 0 Å². The third-order valence-corrected chi connectivity index (χ3v) is 6.41. The Morgan fingerprint density at radius 2 is 1.77 bits per heavy atom. The molecule has 0 bridgehead atoms. The molecule has 1 aromatic heterocycles. The average molecular weight is 346 g/mol. The fourth-order valence-corrected chi connectivity index (χ4v) is 4.43. The van der Waals surface area contributed by atoms with E-state index in [-0.39, 0.29) is 5.91 Å². The first-order valence-corrected chi connectivity index (χ1v) is 10.8. The third-order valence-electron chi connectivity index (χ3n) is 3.53. The Morgan fingerprint density at radius 3 is 2.41 bits per heavy atom. The van der Waals surface area contributed by atoms with E-state index >= 15 is 0 Å². The smallest absolute Gasteiger partial charge is 0.220 e. The van der Waals surface area contributed by atoms with Crippen molar-refractivity contribution in [3.05, 3.63) is 17.0 Å². The van der Waals surface area contributed by atoms with E-state index in [1.807, 2.05) is 0 Å². The molecule has 1 amide bonds. The maximum atomic E-state index is 11.8. The lowest BCUT2D eigenvalue weighted by molar-refractivity contribution is -0.121. The van der Waals surface area contributed by atoms with E-state index in [1.165, 1.54) is 49.7 Å². The van der Waals surface area contributed by atoms with Gasteiger partial charge in [-0.05, 0) is 17.9 Å². The average Bonchev–Trinajstić information content (AvgIpc) is 2.92. The number of nitrogens with one attached hydrogen (secondary N) is 1. The molecule has 0 saturated heterocycles. The molecule has 4 nitrogen and oxygen atoms in total. The van der Waals surface area contributed by atoms with Crippen LogP contribution in [0.5, 0.6) is 0 Å². The number of amides is 1. The van der Waals surface area contributed by atoms with Crippen LogP contribution in [0.2, 0.25) is 0 Å². The van der Waals surface area contributed by atoms with Gasteiger partial charge in [0.05, 0.1) is 0 Å². The standard InChI is InChI=1S/C16H27NO3S2/c1-3-4-5-6-7-8-9-10-15(18)17-13-14-11-12-21-16(14)22(2,19)20/h11-12H,3-10,13H2,1-2H3,(H,17,18). The Kier molecular flexibility index (Phi) is 8.71. The first-order valence-electron chi connectivity index (χ1n) is 7.98. The van der Waals surface area contributed by atoms with Crippen LogP contribution in [-0.2, 0) is 21.2 Å². The minimum atomic E-state index is -3.20. The summed E-state index contributed by atoms with van der Waals surface area (Å²) >= 11 is 1.20. The summed E-state index contributed by atoms with van der Waals surface area (Å²) < 4.78 is 23.5. The first kappa shape index (κ1) is 19.2. The summed E-state index contributed by atoms with van der Waals surface area (Å²) in [7, 11) is -3.20. The van der Waals surface area contributed by atoms with Crippen molar-refractivity contribution in [1.82, 2.24) is 5.32 Å². The van der Waals surface area contributed by atoms with Gasteiger partial charge in [-0.1, -0.05) is 45.4 Å². The van der Waals surface area contributed by atoms with Crippen LogP contribution in [0, 0.1) is 0 Å². The van der Waals surface area contributed by atoms with Gasteiger partial charge in [0, 0.05) is 24.8 Å². The van der Waals surface area contributed by atoms with Crippen molar-refractivity contribution in [3.8, 4) is 0 Å². The fourth-order valence-electron chi connectivity index (χ4n) is 2.30. The van der Waals surface area contributed by atoms with Crippen LogP contribution in [0.4, 0.5) is 0 Å². The lowest BCUT2D eigenvalue weighted by atomic mass is 10.1. The van der Waals surface area contributed by atoms with Crippen molar-refractivity contribution in [3.63, 3.8) is 0 Å². The monoisotopic (exact) mass is 345 g/mol. The summed E-state index contributed by atoms with van der Waals surface area (Å²) in [6.07, 6.45) is 9.98. The number of unbranched alkanes of at least 4 members (excludes halogenated alkanes) is 6. The highest BCUT2D eigenvalue weighted by Crippen LogP contribution is 2.22. The summed E-state index contributed by atoms with van der Waals surface area (Å²) in [6, 6.07) is 1.76. The van der Waals surface area contributed by atoms with E-state index in [0.717, 1.165) is 12.8 Å². The molecule has 0 radical (unpaired) electrons. The van der Waals surface area contributed by atoms with Crippen LogP contribution in [-0.4, -0.2) is 20.6 Å². The lowest BCUT2D eigenvalue weighted by Crippen LogP contribution is -2.22. The molecule has 6 heteroatoms. The number of carbonyl (C=O) groups excluding carboxylic acids is 1. The quantitative estimate of drug-likeness (QED) is 0.619. The molecule has 1 N–H and O–H groups in total. The maximum absolute atomic E-state index is 11.8. The number of rotatable bonds is 11. The molecule has 0 fully saturated rings. The van der Waals surface area contributed by atoms with Crippen molar-refractivity contribution in [1.29, 1.82) is 0 Å². The second-order valence-corrected chi connectivity index (χ2v) is 8.78. The third kappa shape index (κ3) is 7.40. The number of hydrogen-bond donors (Lipinski definition) is 1. The Balaban J connectivity index is 2.20. The Labute approximate surface area is 138 Å². The lowest BCUT2D eigenvalue weighted by Gasteiger charge is -2.06. The Morgan fingerprint density at radius 1 is 1.14 bits per heavy atom. The van der Waals surface area contributed by atoms with Gasteiger partial charge in [0.1, 0.15) is 4.21 Å². The van der Waals surface area contributed by atoms with Crippen LogP contribution in [0.3, 0.4) is 0 Å². The largest absolute Gasteiger partial charge is 0.352 e. The molecule has 0 atom stereocenters. The minimum absolute atomic E-state index is 0.000732. The highest BCUT2D eigenvalue weighted by molar-refractivity contribution is 7.92. The van der Waals surface area contributed by atoms with Gasteiger partial charge < -0.3 is 5.32 Å². The van der Waals surface area contributed by atoms with Crippen LogP contribution in [0.1, 0.15) is 63.9 Å². The van der Waals surface area contributed by atoms with Gasteiger partial charge in [0.2, 0.25) is 5.91 Å². The van der Waals surface area contributed by atoms with Crippen LogP contribution in [0.25, 0.3) is 0 Å². The first-order chi connectivity index (χ1) is 10.4. The molecule has 0 aliphatic carbocycles. The molecule has 22 heavy (non-hydrogen) atoms. The van der Waals surface area contributed by atoms with Crippen molar-refractivity contribution in [2.45, 2.75) is 69.0 Å². The highest BCUT2D eigenvalue weighted by Gasteiger charge is 2.15. The van der Waals surface area contributed by atoms with Crippen LogP contribution in [0.15, 0.2) is 15.7 Å². The van der Waals surface area contributed by atoms with Crippen molar-refractivity contribution < 1.29 is 13.2 Å². The summed E-state index contributed by atoms with van der Waals surface area (Å²) in [5, 5.41) is 4.56. The van der Waals surface area contributed by atoms with E-state index in [0.29, 0.717) is 22.7 Å².